The fourth-order valence-corrected chi connectivity index (χ4v) is 4.19. The molecular formula is C20H29ClN2O6S. The van der Waals surface area contributed by atoms with E-state index in [1.165, 1.54) is 0 Å². The third kappa shape index (κ3) is 6.85. The van der Waals surface area contributed by atoms with E-state index in [-0.39, 0.29) is 25.4 Å². The summed E-state index contributed by atoms with van der Waals surface area (Å²) in [6, 6.07) is 4.66. The van der Waals surface area contributed by atoms with Gasteiger partial charge < -0.3 is 15.0 Å². The van der Waals surface area contributed by atoms with E-state index in [4.69, 9.17) is 20.5 Å². The van der Waals surface area contributed by atoms with Crippen LogP contribution < -0.4 is 5.32 Å². The number of hydrogen-bond donors (Lipinski definition) is 1. The summed E-state index contributed by atoms with van der Waals surface area (Å²) < 4.78 is 34.5. The maximum atomic E-state index is 12.5. The van der Waals surface area contributed by atoms with Crippen molar-refractivity contribution in [1.82, 2.24) is 10.2 Å². The van der Waals surface area contributed by atoms with Gasteiger partial charge in [-0.2, -0.15) is 8.42 Å². The van der Waals surface area contributed by atoms with Crippen molar-refractivity contribution < 1.29 is 26.9 Å². The van der Waals surface area contributed by atoms with E-state index in [9.17, 15) is 18.0 Å². The number of nitrogens with one attached hydrogen (secondary N) is 1. The normalized spacial score (nSPS) is 18.4. The molecular weight excluding hydrogens is 432 g/mol. The van der Waals surface area contributed by atoms with E-state index < -0.39 is 34.0 Å². The molecule has 2 rings (SSSR count). The summed E-state index contributed by atoms with van der Waals surface area (Å²) in [5.74, 6) is -0.132. The van der Waals surface area contributed by atoms with Gasteiger partial charge in [-0.1, -0.05) is 23.7 Å². The summed E-state index contributed by atoms with van der Waals surface area (Å²) in [6.45, 7) is 7.41. The molecule has 1 aliphatic heterocycles. The number of carbonyl (C=O) groups is 2. The molecule has 1 fully saturated rings. The van der Waals surface area contributed by atoms with Gasteiger partial charge in [0.1, 0.15) is 11.7 Å². The van der Waals surface area contributed by atoms with Crippen LogP contribution >= 0.6 is 11.6 Å². The van der Waals surface area contributed by atoms with Gasteiger partial charge in [-0.15, -0.1) is 0 Å². The van der Waals surface area contributed by atoms with Crippen molar-refractivity contribution >= 4 is 33.7 Å². The number of alkyl carbamates (subject to hydrolysis) is 1. The second-order valence-corrected chi connectivity index (χ2v) is 10.3. The number of halogens is 1. The molecule has 2 atom stereocenters. The molecule has 30 heavy (non-hydrogen) atoms. The van der Waals surface area contributed by atoms with Crippen LogP contribution in [0, 0.1) is 6.92 Å². The molecule has 1 saturated heterocycles. The minimum atomic E-state index is -3.80. The molecule has 1 aromatic rings. The molecule has 1 heterocycles. The second kappa shape index (κ2) is 9.53. The number of benzene rings is 1. The minimum Gasteiger partial charge on any atom is -0.444 e. The monoisotopic (exact) mass is 460 g/mol. The van der Waals surface area contributed by atoms with Crippen LogP contribution in [-0.4, -0.2) is 56.3 Å². The molecule has 0 spiro atoms. The Hall–Kier alpha value is -1.84. The highest BCUT2D eigenvalue weighted by atomic mass is 35.5. The van der Waals surface area contributed by atoms with E-state index >= 15 is 0 Å². The zero-order valence-corrected chi connectivity index (χ0v) is 19.5. The molecule has 168 valence electrons. The summed E-state index contributed by atoms with van der Waals surface area (Å²) in [5.41, 5.74) is 0.672. The summed E-state index contributed by atoms with van der Waals surface area (Å²) in [6.07, 6.45) is 0.190. The van der Waals surface area contributed by atoms with Gasteiger partial charge in [0, 0.05) is 24.5 Å². The second-order valence-electron chi connectivity index (χ2n) is 8.30. The van der Waals surface area contributed by atoms with Gasteiger partial charge in [-0.25, -0.2) is 4.79 Å². The minimum absolute atomic E-state index is 0.132. The van der Waals surface area contributed by atoms with Crippen LogP contribution in [0.25, 0.3) is 0 Å². The van der Waals surface area contributed by atoms with Gasteiger partial charge in [-0.05, 0) is 51.3 Å². The van der Waals surface area contributed by atoms with Crippen molar-refractivity contribution in [3.05, 3.63) is 34.3 Å². The Bertz CT molecular complexity index is 897. The van der Waals surface area contributed by atoms with E-state index in [1.54, 1.807) is 50.8 Å². The molecule has 8 nitrogen and oxygen atoms in total. The van der Waals surface area contributed by atoms with Crippen molar-refractivity contribution in [2.75, 3.05) is 19.3 Å². The molecule has 0 aromatic heterocycles. The SMILES string of the molecule is Cc1c(Cl)cccc1C(OS(C)(=O)=O)[C@@H]1CCC(=O)N1CCNC(=O)OC(C)(C)C. The lowest BCUT2D eigenvalue weighted by molar-refractivity contribution is -0.130. The van der Waals surface area contributed by atoms with Gasteiger partial charge in [0.05, 0.1) is 12.3 Å². The Morgan fingerprint density at radius 2 is 2.03 bits per heavy atom. The lowest BCUT2D eigenvalue weighted by Gasteiger charge is -2.32. The Morgan fingerprint density at radius 1 is 1.37 bits per heavy atom. The average Bonchev–Trinajstić information content (AvgIpc) is 2.94. The first-order valence-electron chi connectivity index (χ1n) is 9.68. The van der Waals surface area contributed by atoms with Crippen molar-refractivity contribution in [3.8, 4) is 0 Å². The first-order chi connectivity index (χ1) is 13.8. The first kappa shape index (κ1) is 24.4. The Kier molecular flexibility index (Phi) is 7.76. The van der Waals surface area contributed by atoms with E-state index in [0.717, 1.165) is 6.26 Å². The zero-order chi connectivity index (χ0) is 22.7. The number of amides is 2. The standard InChI is InChI=1S/C20H29ClN2O6S/c1-13-14(7-6-8-15(13)21)18(29-30(5,26)27)16-9-10-17(24)23(16)12-11-22-19(25)28-20(2,3)4/h6-8,16,18H,9-12H2,1-5H3,(H,22,25)/t16-,18?/m0/s1. The molecule has 2 amide bonds. The summed E-state index contributed by atoms with van der Waals surface area (Å²) in [7, 11) is -3.80. The summed E-state index contributed by atoms with van der Waals surface area (Å²) >= 11 is 6.23. The van der Waals surface area contributed by atoms with Crippen LogP contribution in [0.4, 0.5) is 4.79 Å². The van der Waals surface area contributed by atoms with Crippen LogP contribution in [0.2, 0.25) is 5.02 Å². The van der Waals surface area contributed by atoms with Crippen LogP contribution in [0.3, 0.4) is 0 Å². The highest BCUT2D eigenvalue weighted by Crippen LogP contribution is 2.36. The predicted molar refractivity (Wildman–Crippen MR) is 114 cm³/mol. The summed E-state index contributed by atoms with van der Waals surface area (Å²) in [5, 5.41) is 3.10. The zero-order valence-electron chi connectivity index (χ0n) is 17.9. The molecule has 1 aliphatic rings. The number of rotatable bonds is 7. The highest BCUT2D eigenvalue weighted by Gasteiger charge is 2.40. The van der Waals surface area contributed by atoms with E-state index in [0.29, 0.717) is 22.6 Å². The van der Waals surface area contributed by atoms with Crippen LogP contribution in [0.5, 0.6) is 0 Å². The molecule has 0 radical (unpaired) electrons. The smallest absolute Gasteiger partial charge is 0.407 e. The molecule has 1 N–H and O–H groups in total. The highest BCUT2D eigenvalue weighted by molar-refractivity contribution is 7.86. The third-order valence-electron chi connectivity index (χ3n) is 4.64. The van der Waals surface area contributed by atoms with Gasteiger partial charge in [-0.3, -0.25) is 8.98 Å². The summed E-state index contributed by atoms with van der Waals surface area (Å²) in [4.78, 5) is 25.9. The van der Waals surface area contributed by atoms with E-state index in [1.807, 2.05) is 0 Å². The first-order valence-corrected chi connectivity index (χ1v) is 11.9. The van der Waals surface area contributed by atoms with Crippen molar-refractivity contribution in [2.24, 2.45) is 0 Å². The van der Waals surface area contributed by atoms with Crippen molar-refractivity contribution in [2.45, 2.75) is 58.3 Å². The predicted octanol–water partition coefficient (Wildman–Crippen LogP) is 3.18. The van der Waals surface area contributed by atoms with Gasteiger partial charge >= 0.3 is 6.09 Å². The van der Waals surface area contributed by atoms with E-state index in [2.05, 4.69) is 5.32 Å². The van der Waals surface area contributed by atoms with Crippen LogP contribution in [-0.2, 0) is 23.8 Å². The van der Waals surface area contributed by atoms with Crippen molar-refractivity contribution in [1.29, 1.82) is 0 Å². The number of hydrogen-bond acceptors (Lipinski definition) is 6. The van der Waals surface area contributed by atoms with Gasteiger partial charge in [0.15, 0.2) is 0 Å². The number of nitrogens with zero attached hydrogens (tertiary/aromatic N) is 1. The Balaban J connectivity index is 2.21. The fourth-order valence-electron chi connectivity index (χ4n) is 3.40. The molecule has 1 aromatic carbocycles. The van der Waals surface area contributed by atoms with Crippen LogP contribution in [0.15, 0.2) is 18.2 Å². The van der Waals surface area contributed by atoms with Crippen molar-refractivity contribution in [3.63, 3.8) is 0 Å². The maximum Gasteiger partial charge on any atom is 0.407 e. The quantitative estimate of drug-likeness (QED) is 0.627. The maximum absolute atomic E-state index is 12.5. The number of ether oxygens (including phenoxy) is 1. The topological polar surface area (TPSA) is 102 Å². The lowest BCUT2D eigenvalue weighted by Crippen LogP contribution is -2.44. The third-order valence-corrected chi connectivity index (χ3v) is 5.61. The molecule has 0 aliphatic carbocycles. The van der Waals surface area contributed by atoms with Gasteiger partial charge in [0.25, 0.3) is 10.1 Å². The van der Waals surface area contributed by atoms with Gasteiger partial charge in [0.2, 0.25) is 5.91 Å². The number of likely N-dealkylation sites (tertiary alicyclic amines) is 1. The largest absolute Gasteiger partial charge is 0.444 e. The fraction of sp³-hybridized carbons (Fsp3) is 0.600. The molecule has 0 bridgehead atoms. The molecule has 0 saturated carbocycles. The number of carbonyl (C=O) groups excluding carboxylic acids is 2. The Labute approximate surface area is 183 Å². The average molecular weight is 461 g/mol. The molecule has 1 unspecified atom stereocenters. The molecule has 10 heteroatoms. The lowest BCUT2D eigenvalue weighted by atomic mass is 9.96. The Morgan fingerprint density at radius 3 is 2.63 bits per heavy atom. The van der Waals surface area contributed by atoms with Crippen LogP contribution in [0.1, 0.15) is 50.8 Å².